The lowest BCUT2D eigenvalue weighted by Crippen LogP contribution is -2.34. The van der Waals surface area contributed by atoms with Gasteiger partial charge in [0, 0.05) is 12.1 Å². The average Bonchev–Trinajstić information content (AvgIpc) is 2.83. The number of benzene rings is 2. The number of para-hydroxylation sites is 1. The Morgan fingerprint density at radius 3 is 2.50 bits per heavy atom. The molecule has 2 aromatic rings. The Balaban J connectivity index is 1.47. The number of rotatable bonds is 12. The average molecular weight is 439 g/mol. The van der Waals surface area contributed by atoms with Crippen LogP contribution < -0.4 is 15.4 Å². The second-order valence-corrected chi connectivity index (χ2v) is 8.46. The smallest absolute Gasteiger partial charge is 0.308 e. The van der Waals surface area contributed by atoms with E-state index in [9.17, 15) is 14.7 Å². The minimum Gasteiger partial charge on any atom is -0.493 e. The van der Waals surface area contributed by atoms with E-state index in [1.807, 2.05) is 30.3 Å². The third-order valence-electron chi connectivity index (χ3n) is 6.06. The number of ether oxygens (including phenoxy) is 1. The third-order valence-corrected chi connectivity index (χ3v) is 6.06. The fourth-order valence-electron chi connectivity index (χ4n) is 4.12. The van der Waals surface area contributed by atoms with Gasteiger partial charge in [-0.2, -0.15) is 0 Å². The molecule has 0 saturated carbocycles. The molecule has 3 N–H and O–H groups in total. The summed E-state index contributed by atoms with van der Waals surface area (Å²) in [5.41, 5.74) is 1.37. The van der Waals surface area contributed by atoms with E-state index in [1.54, 1.807) is 24.3 Å². The highest BCUT2D eigenvalue weighted by atomic mass is 16.5. The summed E-state index contributed by atoms with van der Waals surface area (Å²) in [4.78, 5) is 24.1. The molecule has 0 spiro atoms. The Hall–Kier alpha value is -2.86. The van der Waals surface area contributed by atoms with Gasteiger partial charge < -0.3 is 20.5 Å². The van der Waals surface area contributed by atoms with Crippen LogP contribution in [-0.2, 0) is 11.2 Å². The van der Waals surface area contributed by atoms with Crippen LogP contribution in [0.25, 0.3) is 0 Å². The molecule has 1 amide bonds. The molecule has 32 heavy (non-hydrogen) atoms. The summed E-state index contributed by atoms with van der Waals surface area (Å²) in [5.74, 6) is -0.376. The third kappa shape index (κ3) is 7.68. The molecule has 1 fully saturated rings. The molecular formula is C26H34N2O4. The summed E-state index contributed by atoms with van der Waals surface area (Å²) in [6.45, 7) is 2.95. The van der Waals surface area contributed by atoms with Gasteiger partial charge in [-0.3, -0.25) is 9.59 Å². The fourth-order valence-corrected chi connectivity index (χ4v) is 4.12. The molecule has 1 saturated heterocycles. The summed E-state index contributed by atoms with van der Waals surface area (Å²) in [5, 5.41) is 15.8. The maximum absolute atomic E-state index is 12.3. The molecule has 172 valence electrons. The number of amides is 1. The molecule has 0 aromatic heterocycles. The van der Waals surface area contributed by atoms with Crippen LogP contribution in [0.5, 0.6) is 5.75 Å². The van der Waals surface area contributed by atoms with Crippen LogP contribution in [0.15, 0.2) is 54.6 Å². The molecule has 1 heterocycles. The maximum Gasteiger partial charge on any atom is 0.308 e. The van der Waals surface area contributed by atoms with E-state index in [4.69, 9.17) is 4.74 Å². The molecular weight excluding hydrogens is 404 g/mol. The number of hydrogen-bond acceptors (Lipinski definition) is 4. The molecule has 0 bridgehead atoms. The van der Waals surface area contributed by atoms with Gasteiger partial charge in [0.25, 0.3) is 5.91 Å². The second kappa shape index (κ2) is 12.9. The molecule has 0 radical (unpaired) electrons. The van der Waals surface area contributed by atoms with E-state index in [2.05, 4.69) is 10.6 Å². The van der Waals surface area contributed by atoms with Crippen molar-refractivity contribution in [3.63, 3.8) is 0 Å². The molecule has 1 unspecified atom stereocenters. The number of hydrogen-bond donors (Lipinski definition) is 3. The van der Waals surface area contributed by atoms with E-state index in [0.717, 1.165) is 43.2 Å². The van der Waals surface area contributed by atoms with Crippen molar-refractivity contribution in [2.45, 2.75) is 38.5 Å². The van der Waals surface area contributed by atoms with Gasteiger partial charge in [-0.15, -0.1) is 0 Å². The molecule has 6 nitrogen and oxygen atoms in total. The van der Waals surface area contributed by atoms with E-state index < -0.39 is 11.9 Å². The molecule has 1 aliphatic rings. The lowest BCUT2D eigenvalue weighted by Gasteiger charge is -2.22. The normalized spacial score (nSPS) is 15.1. The number of carboxylic acid groups (broad SMARTS) is 1. The highest BCUT2D eigenvalue weighted by Gasteiger charge is 2.21. The number of aliphatic carboxylic acids is 1. The first-order chi connectivity index (χ1) is 15.6. The summed E-state index contributed by atoms with van der Waals surface area (Å²) in [6, 6.07) is 16.4. The van der Waals surface area contributed by atoms with Crippen LogP contribution in [0, 0.1) is 11.8 Å². The Morgan fingerprint density at radius 1 is 1.03 bits per heavy atom. The predicted octanol–water partition coefficient (Wildman–Crippen LogP) is 3.91. The van der Waals surface area contributed by atoms with Crippen LogP contribution in [0.1, 0.15) is 48.0 Å². The zero-order valence-corrected chi connectivity index (χ0v) is 18.6. The van der Waals surface area contributed by atoms with Gasteiger partial charge in [0.2, 0.25) is 0 Å². The van der Waals surface area contributed by atoms with Crippen molar-refractivity contribution in [1.29, 1.82) is 0 Å². The SMILES string of the molecule is O=C(NCC(Cc1ccccc1OCCCCC1CCNCC1)C(=O)O)c1ccccc1. The van der Waals surface area contributed by atoms with Crippen LogP contribution >= 0.6 is 0 Å². The molecule has 6 heteroatoms. The van der Waals surface area contributed by atoms with Gasteiger partial charge >= 0.3 is 5.97 Å². The first kappa shape index (κ1) is 23.8. The van der Waals surface area contributed by atoms with Crippen molar-refractivity contribution < 1.29 is 19.4 Å². The van der Waals surface area contributed by atoms with E-state index in [1.165, 1.54) is 19.3 Å². The van der Waals surface area contributed by atoms with Crippen LogP contribution in [0.3, 0.4) is 0 Å². The van der Waals surface area contributed by atoms with Crippen LogP contribution in [-0.4, -0.2) is 43.2 Å². The second-order valence-electron chi connectivity index (χ2n) is 8.46. The molecule has 3 rings (SSSR count). The van der Waals surface area contributed by atoms with Gasteiger partial charge in [-0.25, -0.2) is 0 Å². The minimum atomic E-state index is -0.935. The first-order valence-electron chi connectivity index (χ1n) is 11.6. The monoisotopic (exact) mass is 438 g/mol. The summed E-state index contributed by atoms with van der Waals surface area (Å²) in [7, 11) is 0. The number of nitrogens with one attached hydrogen (secondary N) is 2. The summed E-state index contributed by atoms with van der Waals surface area (Å²) < 4.78 is 6.01. The van der Waals surface area contributed by atoms with Crippen molar-refractivity contribution >= 4 is 11.9 Å². The van der Waals surface area contributed by atoms with Gasteiger partial charge in [-0.1, -0.05) is 42.8 Å². The number of carbonyl (C=O) groups excluding carboxylic acids is 1. The largest absolute Gasteiger partial charge is 0.493 e. The first-order valence-corrected chi connectivity index (χ1v) is 11.6. The zero-order chi connectivity index (χ0) is 22.6. The molecule has 1 aliphatic heterocycles. The van der Waals surface area contributed by atoms with Gasteiger partial charge in [0.15, 0.2) is 0 Å². The molecule has 0 aliphatic carbocycles. The quantitative estimate of drug-likeness (QED) is 0.438. The van der Waals surface area contributed by atoms with Gasteiger partial charge in [0.05, 0.1) is 12.5 Å². The predicted molar refractivity (Wildman–Crippen MR) is 125 cm³/mol. The van der Waals surface area contributed by atoms with Crippen molar-refractivity contribution in [1.82, 2.24) is 10.6 Å². The van der Waals surface area contributed by atoms with Crippen molar-refractivity contribution in [2.24, 2.45) is 11.8 Å². The van der Waals surface area contributed by atoms with Crippen molar-refractivity contribution in [3.05, 3.63) is 65.7 Å². The topological polar surface area (TPSA) is 87.7 Å². The number of unbranched alkanes of at least 4 members (excludes halogenated alkanes) is 1. The maximum atomic E-state index is 12.3. The molecule has 1 atom stereocenters. The van der Waals surface area contributed by atoms with Gasteiger partial charge in [-0.05, 0) is 74.9 Å². The van der Waals surface area contributed by atoms with E-state index in [-0.39, 0.29) is 12.5 Å². The standard InChI is InChI=1S/C26H34N2O4/c29-25(21-9-2-1-3-10-21)28-19-23(26(30)31)18-22-11-4-5-12-24(22)32-17-7-6-8-20-13-15-27-16-14-20/h1-5,9-12,20,23,27H,6-8,13-19H2,(H,28,29)(H,30,31). The highest BCUT2D eigenvalue weighted by molar-refractivity contribution is 5.94. The Morgan fingerprint density at radius 2 is 1.75 bits per heavy atom. The van der Waals surface area contributed by atoms with Crippen molar-refractivity contribution in [2.75, 3.05) is 26.2 Å². The van der Waals surface area contributed by atoms with Crippen LogP contribution in [0.4, 0.5) is 0 Å². The minimum absolute atomic E-state index is 0.0631. The van der Waals surface area contributed by atoms with E-state index >= 15 is 0 Å². The summed E-state index contributed by atoms with van der Waals surface area (Å²) >= 11 is 0. The summed E-state index contributed by atoms with van der Waals surface area (Å²) in [6.07, 6.45) is 6.22. The fraction of sp³-hybridized carbons (Fsp3) is 0.462. The van der Waals surface area contributed by atoms with Crippen molar-refractivity contribution in [3.8, 4) is 5.75 Å². The van der Waals surface area contributed by atoms with Crippen LogP contribution in [0.2, 0.25) is 0 Å². The Bertz CT molecular complexity index is 850. The lowest BCUT2D eigenvalue weighted by molar-refractivity contribution is -0.141. The number of carbonyl (C=O) groups is 2. The molecule has 2 aromatic carbocycles. The lowest BCUT2D eigenvalue weighted by atomic mass is 9.93. The Kier molecular flexibility index (Phi) is 9.57. The number of piperidine rings is 1. The number of carboxylic acids is 1. The van der Waals surface area contributed by atoms with E-state index in [0.29, 0.717) is 18.6 Å². The zero-order valence-electron chi connectivity index (χ0n) is 18.6. The van der Waals surface area contributed by atoms with Gasteiger partial charge in [0.1, 0.15) is 5.75 Å². The highest BCUT2D eigenvalue weighted by Crippen LogP contribution is 2.23. The Labute approximate surface area is 190 Å².